The lowest BCUT2D eigenvalue weighted by Gasteiger charge is -2.19. The molecule has 0 radical (unpaired) electrons. The number of aryl methyl sites for hydroxylation is 1. The Kier molecular flexibility index (Phi) is 4.23. The molecular formula is C16H16N2O2S. The molecule has 0 aliphatic rings. The molecule has 21 heavy (non-hydrogen) atoms. The van der Waals surface area contributed by atoms with Crippen molar-refractivity contribution in [1.29, 1.82) is 0 Å². The molecule has 0 bridgehead atoms. The molecule has 2 rings (SSSR count). The van der Waals surface area contributed by atoms with Gasteiger partial charge in [0.2, 0.25) is 0 Å². The number of amides is 1. The second kappa shape index (κ2) is 5.93. The van der Waals surface area contributed by atoms with Crippen LogP contribution in [0.2, 0.25) is 0 Å². The van der Waals surface area contributed by atoms with Crippen LogP contribution in [0.3, 0.4) is 0 Å². The third-order valence-corrected chi connectivity index (χ3v) is 3.44. The summed E-state index contributed by atoms with van der Waals surface area (Å²) in [6.07, 6.45) is 0. The zero-order chi connectivity index (χ0) is 15.6. The van der Waals surface area contributed by atoms with Crippen LogP contribution < -0.4 is 10.6 Å². The van der Waals surface area contributed by atoms with Gasteiger partial charge in [-0.2, -0.15) is 0 Å². The van der Waals surface area contributed by atoms with Gasteiger partial charge in [0.25, 0.3) is 5.91 Å². The van der Waals surface area contributed by atoms with Gasteiger partial charge >= 0.3 is 0 Å². The van der Waals surface area contributed by atoms with Crippen LogP contribution in [0, 0.1) is 6.92 Å². The molecule has 0 unspecified atom stereocenters. The molecule has 0 heterocycles. The fourth-order valence-corrected chi connectivity index (χ4v) is 2.11. The fraction of sp³-hybridized carbons (Fsp3) is 0.125. The van der Waals surface area contributed by atoms with Gasteiger partial charge < -0.3 is 15.7 Å². The Labute approximate surface area is 128 Å². The third-order valence-electron chi connectivity index (χ3n) is 3.21. The molecule has 2 aromatic carbocycles. The smallest absolute Gasteiger partial charge is 0.261 e. The second-order valence-corrected chi connectivity index (χ2v) is 5.24. The van der Waals surface area contributed by atoms with Crippen LogP contribution in [0.5, 0.6) is 5.75 Å². The number of phenols is 1. The Balaban J connectivity index is 2.37. The number of hydrogen-bond donors (Lipinski definition) is 2. The Bertz CT molecular complexity index is 713. The van der Waals surface area contributed by atoms with Crippen molar-refractivity contribution in [3.05, 3.63) is 59.2 Å². The van der Waals surface area contributed by atoms with Crippen molar-refractivity contribution >= 4 is 28.8 Å². The number of nitrogens with two attached hydrogens (primary N) is 1. The van der Waals surface area contributed by atoms with Crippen LogP contribution in [-0.2, 0) is 0 Å². The van der Waals surface area contributed by atoms with Gasteiger partial charge in [0.1, 0.15) is 10.7 Å². The first kappa shape index (κ1) is 15.0. The number of phenolic OH excluding ortho intramolecular Hbond substituents is 1. The van der Waals surface area contributed by atoms with Gasteiger partial charge in [-0.3, -0.25) is 4.79 Å². The van der Waals surface area contributed by atoms with Crippen molar-refractivity contribution in [2.75, 3.05) is 11.9 Å². The van der Waals surface area contributed by atoms with E-state index in [0.717, 1.165) is 5.56 Å². The van der Waals surface area contributed by atoms with E-state index in [4.69, 9.17) is 18.0 Å². The molecule has 0 spiro atoms. The lowest BCUT2D eigenvalue weighted by Crippen LogP contribution is -2.26. The van der Waals surface area contributed by atoms with Gasteiger partial charge in [0, 0.05) is 18.3 Å². The second-order valence-electron chi connectivity index (χ2n) is 4.80. The summed E-state index contributed by atoms with van der Waals surface area (Å²) in [5, 5.41) is 9.86. The summed E-state index contributed by atoms with van der Waals surface area (Å²) in [5.74, 6) is -0.334. The number of aromatic hydroxyl groups is 1. The Morgan fingerprint density at radius 3 is 2.62 bits per heavy atom. The molecule has 0 aliphatic carbocycles. The summed E-state index contributed by atoms with van der Waals surface area (Å²) in [5.41, 5.74) is 8.12. The van der Waals surface area contributed by atoms with Crippen molar-refractivity contribution in [2.24, 2.45) is 5.73 Å². The van der Waals surface area contributed by atoms with E-state index in [2.05, 4.69) is 0 Å². The summed E-state index contributed by atoms with van der Waals surface area (Å²) in [6, 6.07) is 12.0. The Morgan fingerprint density at radius 1 is 1.24 bits per heavy atom. The van der Waals surface area contributed by atoms with Crippen LogP contribution in [0.4, 0.5) is 5.69 Å². The van der Waals surface area contributed by atoms with Gasteiger partial charge in [-0.25, -0.2) is 0 Å². The van der Waals surface area contributed by atoms with E-state index in [-0.39, 0.29) is 22.2 Å². The summed E-state index contributed by atoms with van der Waals surface area (Å²) in [4.78, 5) is 14.2. The molecule has 108 valence electrons. The predicted molar refractivity (Wildman–Crippen MR) is 87.9 cm³/mol. The quantitative estimate of drug-likeness (QED) is 0.855. The van der Waals surface area contributed by atoms with Crippen molar-refractivity contribution in [2.45, 2.75) is 6.92 Å². The molecule has 0 saturated carbocycles. The zero-order valence-electron chi connectivity index (χ0n) is 11.8. The standard InChI is InChI=1S/C16H16N2O2S/c1-10-6-7-14(19)13(8-10)16(20)18(2)12-5-3-4-11(9-12)15(17)21/h3-9,19H,1-2H3,(H2,17,21). The van der Waals surface area contributed by atoms with Crippen molar-refractivity contribution in [1.82, 2.24) is 0 Å². The summed E-state index contributed by atoms with van der Waals surface area (Å²) in [6.45, 7) is 1.86. The first-order chi connectivity index (χ1) is 9.90. The maximum Gasteiger partial charge on any atom is 0.261 e. The minimum atomic E-state index is -0.295. The molecule has 0 aromatic heterocycles. The van der Waals surface area contributed by atoms with E-state index in [1.54, 1.807) is 43.4 Å². The van der Waals surface area contributed by atoms with Crippen LogP contribution in [0.1, 0.15) is 21.5 Å². The SMILES string of the molecule is Cc1ccc(O)c(C(=O)N(C)c2cccc(C(N)=S)c2)c1. The number of benzene rings is 2. The van der Waals surface area contributed by atoms with Crippen LogP contribution in [0.15, 0.2) is 42.5 Å². The lowest BCUT2D eigenvalue weighted by atomic mass is 10.1. The van der Waals surface area contributed by atoms with Gasteiger partial charge in [-0.05, 0) is 31.2 Å². The number of anilines is 1. The van der Waals surface area contributed by atoms with Gasteiger partial charge in [-0.15, -0.1) is 0 Å². The molecule has 5 heteroatoms. The molecular weight excluding hydrogens is 284 g/mol. The monoisotopic (exact) mass is 300 g/mol. The normalized spacial score (nSPS) is 10.2. The molecule has 2 aromatic rings. The number of rotatable bonds is 3. The summed E-state index contributed by atoms with van der Waals surface area (Å²) < 4.78 is 0. The number of nitrogens with zero attached hydrogens (tertiary/aromatic N) is 1. The topological polar surface area (TPSA) is 66.6 Å². The highest BCUT2D eigenvalue weighted by molar-refractivity contribution is 7.80. The molecule has 3 N–H and O–H groups in total. The fourth-order valence-electron chi connectivity index (χ4n) is 1.99. The van der Waals surface area contributed by atoms with Crippen molar-refractivity contribution in [3.63, 3.8) is 0 Å². The van der Waals surface area contributed by atoms with Gasteiger partial charge in [-0.1, -0.05) is 36.0 Å². The van der Waals surface area contributed by atoms with Crippen molar-refractivity contribution < 1.29 is 9.90 Å². The zero-order valence-corrected chi connectivity index (χ0v) is 12.6. The van der Waals surface area contributed by atoms with E-state index < -0.39 is 0 Å². The largest absolute Gasteiger partial charge is 0.507 e. The number of thiocarbonyl (C=S) groups is 1. The molecule has 0 aliphatic heterocycles. The van der Waals surface area contributed by atoms with Crippen LogP contribution in [-0.4, -0.2) is 23.0 Å². The lowest BCUT2D eigenvalue weighted by molar-refractivity contribution is 0.0990. The maximum absolute atomic E-state index is 12.5. The average molecular weight is 300 g/mol. The molecule has 0 fully saturated rings. The minimum Gasteiger partial charge on any atom is -0.507 e. The molecule has 4 nitrogen and oxygen atoms in total. The number of hydrogen-bond acceptors (Lipinski definition) is 3. The predicted octanol–water partition coefficient (Wildman–Crippen LogP) is 2.61. The Morgan fingerprint density at radius 2 is 1.95 bits per heavy atom. The molecule has 0 atom stereocenters. The highest BCUT2D eigenvalue weighted by atomic mass is 32.1. The summed E-state index contributed by atoms with van der Waals surface area (Å²) >= 11 is 4.94. The van der Waals surface area contributed by atoms with Crippen LogP contribution >= 0.6 is 12.2 Å². The highest BCUT2D eigenvalue weighted by Gasteiger charge is 2.17. The van der Waals surface area contributed by atoms with Crippen molar-refractivity contribution in [3.8, 4) is 5.75 Å². The number of carbonyl (C=O) groups is 1. The summed E-state index contributed by atoms with van der Waals surface area (Å²) in [7, 11) is 1.64. The van der Waals surface area contributed by atoms with E-state index in [1.165, 1.54) is 11.0 Å². The minimum absolute atomic E-state index is 0.0389. The average Bonchev–Trinajstić information content (AvgIpc) is 2.48. The van der Waals surface area contributed by atoms with E-state index >= 15 is 0 Å². The van der Waals surface area contributed by atoms with E-state index in [0.29, 0.717) is 11.3 Å². The van der Waals surface area contributed by atoms with E-state index in [1.807, 2.05) is 6.92 Å². The Hall–Kier alpha value is -2.40. The molecule has 0 saturated heterocycles. The maximum atomic E-state index is 12.5. The number of carbonyl (C=O) groups excluding carboxylic acids is 1. The van der Waals surface area contributed by atoms with E-state index in [9.17, 15) is 9.90 Å². The van der Waals surface area contributed by atoms with Crippen LogP contribution in [0.25, 0.3) is 0 Å². The first-order valence-electron chi connectivity index (χ1n) is 6.37. The highest BCUT2D eigenvalue weighted by Crippen LogP contribution is 2.23. The van der Waals surface area contributed by atoms with Gasteiger partial charge in [0.05, 0.1) is 5.56 Å². The van der Waals surface area contributed by atoms with Gasteiger partial charge in [0.15, 0.2) is 0 Å². The first-order valence-corrected chi connectivity index (χ1v) is 6.78. The molecule has 1 amide bonds. The third kappa shape index (κ3) is 3.20.